The highest BCUT2D eigenvalue weighted by Crippen LogP contribution is 2.40. The molecule has 1 fully saturated rings. The van der Waals surface area contributed by atoms with E-state index < -0.39 is 0 Å². The number of aryl methyl sites for hydroxylation is 1. The Morgan fingerprint density at radius 2 is 1.58 bits per heavy atom. The Hall–Kier alpha value is -2.33. The van der Waals surface area contributed by atoms with E-state index >= 15 is 0 Å². The summed E-state index contributed by atoms with van der Waals surface area (Å²) >= 11 is 0. The maximum Gasteiger partial charge on any atom is 0.127 e. The van der Waals surface area contributed by atoms with Crippen molar-refractivity contribution in [2.24, 2.45) is 17.8 Å². The first kappa shape index (κ1) is 23.8. The fraction of sp³-hybridized carbons (Fsp3) is 0.500. The van der Waals surface area contributed by atoms with E-state index in [-0.39, 0.29) is 5.82 Å². The monoisotopic (exact) mass is 442 g/mol. The lowest BCUT2D eigenvalue weighted by Crippen LogP contribution is -2.23. The Labute approximate surface area is 200 Å². The second kappa shape index (κ2) is 11.7. The van der Waals surface area contributed by atoms with Gasteiger partial charge in [0.25, 0.3) is 0 Å². The van der Waals surface area contributed by atoms with E-state index in [0.29, 0.717) is 0 Å². The van der Waals surface area contributed by atoms with Crippen LogP contribution in [-0.2, 0) is 6.42 Å². The highest BCUT2D eigenvalue weighted by atomic mass is 19.1. The number of hydrogen-bond donors (Lipinski definition) is 0. The van der Waals surface area contributed by atoms with Crippen molar-refractivity contribution in [3.05, 3.63) is 71.1 Å². The molecule has 0 spiro atoms. The standard InChI is InChI=1S/C32H39F/c1-3-5-24-9-15-27(16-10-24)28-17-11-25(12-18-28)7-8-26-13-19-29(20-14-26)31-22-21-30(6-4-2)32(33)23-31/h11,13-14,19-24,27-28H,3-6,9-10,12,15-18H2,1-2H3. The van der Waals surface area contributed by atoms with E-state index in [1.165, 1.54) is 56.9 Å². The van der Waals surface area contributed by atoms with Crippen LogP contribution in [0.25, 0.3) is 11.1 Å². The van der Waals surface area contributed by atoms with Crippen molar-refractivity contribution in [1.82, 2.24) is 0 Å². The Morgan fingerprint density at radius 1 is 0.818 bits per heavy atom. The zero-order valence-corrected chi connectivity index (χ0v) is 20.5. The van der Waals surface area contributed by atoms with E-state index in [4.69, 9.17) is 0 Å². The van der Waals surface area contributed by atoms with Crippen molar-refractivity contribution in [3.63, 3.8) is 0 Å². The van der Waals surface area contributed by atoms with E-state index in [1.54, 1.807) is 6.07 Å². The number of benzene rings is 2. The molecule has 0 nitrogen and oxygen atoms in total. The summed E-state index contributed by atoms with van der Waals surface area (Å²) in [6.07, 6.45) is 16.4. The summed E-state index contributed by atoms with van der Waals surface area (Å²) in [5.74, 6) is 9.49. The van der Waals surface area contributed by atoms with Crippen molar-refractivity contribution in [2.75, 3.05) is 0 Å². The van der Waals surface area contributed by atoms with Crippen molar-refractivity contribution in [2.45, 2.75) is 84.5 Å². The third-order valence-corrected chi connectivity index (χ3v) is 7.86. The molecular weight excluding hydrogens is 403 g/mol. The summed E-state index contributed by atoms with van der Waals surface area (Å²) in [6, 6.07) is 13.8. The fourth-order valence-corrected chi connectivity index (χ4v) is 5.85. The van der Waals surface area contributed by atoms with Gasteiger partial charge in [-0.25, -0.2) is 4.39 Å². The van der Waals surface area contributed by atoms with E-state index in [0.717, 1.165) is 59.3 Å². The molecule has 2 aliphatic carbocycles. The van der Waals surface area contributed by atoms with Crippen LogP contribution in [0, 0.1) is 35.4 Å². The Morgan fingerprint density at radius 3 is 2.21 bits per heavy atom. The van der Waals surface area contributed by atoms with Crippen molar-refractivity contribution >= 4 is 0 Å². The minimum atomic E-state index is -0.102. The van der Waals surface area contributed by atoms with Gasteiger partial charge in [0.05, 0.1) is 0 Å². The summed E-state index contributed by atoms with van der Waals surface area (Å²) in [6.45, 7) is 4.40. The van der Waals surface area contributed by atoms with Crippen LogP contribution in [0.15, 0.2) is 54.1 Å². The van der Waals surface area contributed by atoms with E-state index in [9.17, 15) is 4.39 Å². The molecule has 174 valence electrons. The highest BCUT2D eigenvalue weighted by molar-refractivity contribution is 5.65. The quantitative estimate of drug-likeness (QED) is 0.391. The maximum atomic E-state index is 14.3. The molecule has 1 saturated carbocycles. The third kappa shape index (κ3) is 6.38. The number of halogens is 1. The molecule has 1 atom stereocenters. The van der Waals surface area contributed by atoms with Gasteiger partial charge in [-0.1, -0.05) is 88.1 Å². The Balaban J connectivity index is 1.32. The van der Waals surface area contributed by atoms with E-state index in [2.05, 4.69) is 56.0 Å². The lowest BCUT2D eigenvalue weighted by molar-refractivity contribution is 0.187. The molecule has 2 aromatic rings. The zero-order valence-electron chi connectivity index (χ0n) is 20.5. The molecule has 0 heterocycles. The molecule has 2 aliphatic rings. The van der Waals surface area contributed by atoms with Crippen LogP contribution in [0.2, 0.25) is 0 Å². The van der Waals surface area contributed by atoms with Gasteiger partial charge in [-0.15, -0.1) is 0 Å². The van der Waals surface area contributed by atoms with Gasteiger partial charge in [0.2, 0.25) is 0 Å². The largest absolute Gasteiger partial charge is 0.207 e. The topological polar surface area (TPSA) is 0 Å². The van der Waals surface area contributed by atoms with Gasteiger partial charge in [0, 0.05) is 5.56 Å². The average Bonchev–Trinajstić information content (AvgIpc) is 2.85. The minimum absolute atomic E-state index is 0.102. The second-order valence-corrected chi connectivity index (χ2v) is 10.2. The first-order valence-corrected chi connectivity index (χ1v) is 13.3. The van der Waals surface area contributed by atoms with Gasteiger partial charge in [-0.05, 0) is 96.7 Å². The highest BCUT2D eigenvalue weighted by Gasteiger charge is 2.28. The number of allylic oxidation sites excluding steroid dienone is 2. The van der Waals surface area contributed by atoms with Gasteiger partial charge in [-0.3, -0.25) is 0 Å². The minimum Gasteiger partial charge on any atom is -0.207 e. The van der Waals surface area contributed by atoms with Crippen molar-refractivity contribution in [1.29, 1.82) is 0 Å². The predicted molar refractivity (Wildman–Crippen MR) is 138 cm³/mol. The van der Waals surface area contributed by atoms with Crippen LogP contribution < -0.4 is 0 Å². The summed E-state index contributed by atoms with van der Waals surface area (Å²) in [4.78, 5) is 0. The molecule has 0 amide bonds. The van der Waals surface area contributed by atoms with Gasteiger partial charge in [0.15, 0.2) is 0 Å². The molecule has 33 heavy (non-hydrogen) atoms. The SMILES string of the molecule is CCCc1ccc(-c2ccc(C#CC3=CCC(C4CCC(CCC)CC4)CC3)cc2)cc1F. The first-order valence-electron chi connectivity index (χ1n) is 13.3. The molecule has 0 N–H and O–H groups in total. The summed E-state index contributed by atoms with van der Waals surface area (Å²) in [5, 5.41) is 0. The van der Waals surface area contributed by atoms with Gasteiger partial charge in [-0.2, -0.15) is 0 Å². The van der Waals surface area contributed by atoms with Crippen LogP contribution in [0.4, 0.5) is 4.39 Å². The van der Waals surface area contributed by atoms with Crippen LogP contribution in [0.5, 0.6) is 0 Å². The Bertz CT molecular complexity index is 993. The summed E-state index contributed by atoms with van der Waals surface area (Å²) < 4.78 is 14.3. The molecule has 2 aromatic carbocycles. The molecular formula is C32H39F. The number of hydrogen-bond acceptors (Lipinski definition) is 0. The molecule has 4 rings (SSSR count). The van der Waals surface area contributed by atoms with Gasteiger partial charge in [0.1, 0.15) is 5.82 Å². The second-order valence-electron chi connectivity index (χ2n) is 10.2. The molecule has 0 aliphatic heterocycles. The molecule has 1 heteroatoms. The third-order valence-electron chi connectivity index (χ3n) is 7.86. The lowest BCUT2D eigenvalue weighted by Gasteiger charge is -2.35. The zero-order chi connectivity index (χ0) is 23.0. The van der Waals surface area contributed by atoms with Crippen molar-refractivity contribution in [3.8, 4) is 23.0 Å². The van der Waals surface area contributed by atoms with Gasteiger partial charge < -0.3 is 0 Å². The summed E-state index contributed by atoms with van der Waals surface area (Å²) in [5.41, 5.74) is 5.10. The van der Waals surface area contributed by atoms with E-state index in [1.807, 2.05) is 12.1 Å². The molecule has 0 saturated heterocycles. The number of rotatable bonds is 6. The predicted octanol–water partition coefficient (Wildman–Crippen LogP) is 9.13. The van der Waals surface area contributed by atoms with Crippen LogP contribution in [0.3, 0.4) is 0 Å². The van der Waals surface area contributed by atoms with Crippen molar-refractivity contribution < 1.29 is 4.39 Å². The Kier molecular flexibility index (Phi) is 8.44. The molecule has 0 aromatic heterocycles. The lowest BCUT2D eigenvalue weighted by atomic mass is 9.71. The van der Waals surface area contributed by atoms with Crippen LogP contribution in [-0.4, -0.2) is 0 Å². The smallest absolute Gasteiger partial charge is 0.127 e. The van der Waals surface area contributed by atoms with Crippen LogP contribution in [0.1, 0.15) is 89.2 Å². The average molecular weight is 443 g/mol. The van der Waals surface area contributed by atoms with Gasteiger partial charge >= 0.3 is 0 Å². The maximum absolute atomic E-state index is 14.3. The summed E-state index contributed by atoms with van der Waals surface area (Å²) in [7, 11) is 0. The normalized spacial score (nSPS) is 22.9. The fourth-order valence-electron chi connectivity index (χ4n) is 5.85. The molecule has 0 bridgehead atoms. The van der Waals surface area contributed by atoms with Crippen LogP contribution >= 0.6 is 0 Å². The molecule has 0 radical (unpaired) electrons. The molecule has 1 unspecified atom stereocenters. The first-order chi connectivity index (χ1) is 16.2.